The maximum absolute atomic E-state index is 8.86. The topological polar surface area (TPSA) is 46.2 Å². The van der Waals surface area contributed by atoms with Gasteiger partial charge in [-0.2, -0.15) is 0 Å². The van der Waals surface area contributed by atoms with E-state index < -0.39 is 5.60 Å². The molecule has 0 fully saturated rings. The molecule has 2 heteroatoms. The Morgan fingerprint density at radius 2 is 2.00 bits per heavy atom. The molecular formula is C5H12NO. The lowest BCUT2D eigenvalue weighted by atomic mass is 10.0. The van der Waals surface area contributed by atoms with Gasteiger partial charge in [-0.15, -0.1) is 0 Å². The first-order valence-corrected chi connectivity index (χ1v) is 2.28. The van der Waals surface area contributed by atoms with Crippen LogP contribution in [0.1, 0.15) is 13.8 Å². The SMILES string of the molecule is [CH2]C(C)(O)C(C)N. The Kier molecular flexibility index (Phi) is 1.78. The molecule has 0 saturated carbocycles. The molecule has 3 N–H and O–H groups in total. The van der Waals surface area contributed by atoms with E-state index in [0.717, 1.165) is 0 Å². The highest BCUT2D eigenvalue weighted by Gasteiger charge is 2.17. The molecular weight excluding hydrogens is 90.1 g/mol. The third-order valence-electron chi connectivity index (χ3n) is 0.981. The highest BCUT2D eigenvalue weighted by Crippen LogP contribution is 2.02. The van der Waals surface area contributed by atoms with Crippen molar-refractivity contribution in [3.8, 4) is 0 Å². The van der Waals surface area contributed by atoms with Gasteiger partial charge in [0.05, 0.1) is 5.60 Å². The molecule has 0 aromatic heterocycles. The number of rotatable bonds is 1. The summed E-state index contributed by atoms with van der Waals surface area (Å²) in [6.07, 6.45) is 0. The van der Waals surface area contributed by atoms with E-state index in [2.05, 4.69) is 6.92 Å². The van der Waals surface area contributed by atoms with Crippen LogP contribution in [0.3, 0.4) is 0 Å². The van der Waals surface area contributed by atoms with Gasteiger partial charge in [-0.25, -0.2) is 0 Å². The number of hydrogen-bond acceptors (Lipinski definition) is 2. The van der Waals surface area contributed by atoms with Crippen molar-refractivity contribution in [1.29, 1.82) is 0 Å². The van der Waals surface area contributed by atoms with Gasteiger partial charge >= 0.3 is 0 Å². The summed E-state index contributed by atoms with van der Waals surface area (Å²) in [7, 11) is 0. The first-order chi connectivity index (χ1) is 2.94. The van der Waals surface area contributed by atoms with Crippen LogP contribution in [0, 0.1) is 6.92 Å². The van der Waals surface area contributed by atoms with Gasteiger partial charge < -0.3 is 10.8 Å². The fraction of sp³-hybridized carbons (Fsp3) is 0.800. The molecule has 0 aliphatic carbocycles. The van der Waals surface area contributed by atoms with E-state index in [1.54, 1.807) is 13.8 Å². The quantitative estimate of drug-likeness (QED) is 0.486. The first kappa shape index (κ1) is 6.92. The molecule has 0 rings (SSSR count). The Balaban J connectivity index is 3.54. The van der Waals surface area contributed by atoms with Gasteiger partial charge in [0.2, 0.25) is 0 Å². The summed E-state index contributed by atoms with van der Waals surface area (Å²) >= 11 is 0. The van der Waals surface area contributed by atoms with Crippen molar-refractivity contribution in [2.45, 2.75) is 25.5 Å². The molecule has 43 valence electrons. The molecule has 0 saturated heterocycles. The highest BCUT2D eigenvalue weighted by atomic mass is 16.3. The molecule has 0 bridgehead atoms. The molecule has 0 spiro atoms. The molecule has 0 aromatic rings. The summed E-state index contributed by atoms with van der Waals surface area (Å²) in [5, 5.41) is 8.86. The lowest BCUT2D eigenvalue weighted by molar-refractivity contribution is 0.0855. The largest absolute Gasteiger partial charge is 0.389 e. The molecule has 0 aliphatic rings. The van der Waals surface area contributed by atoms with Crippen molar-refractivity contribution in [1.82, 2.24) is 0 Å². The Bertz CT molecular complexity index is 53.6. The van der Waals surface area contributed by atoms with Crippen LogP contribution in [-0.4, -0.2) is 16.7 Å². The van der Waals surface area contributed by atoms with Crippen molar-refractivity contribution in [2.75, 3.05) is 0 Å². The summed E-state index contributed by atoms with van der Waals surface area (Å²) in [4.78, 5) is 0. The second-order valence-electron chi connectivity index (χ2n) is 2.15. The van der Waals surface area contributed by atoms with Crippen molar-refractivity contribution in [3.63, 3.8) is 0 Å². The van der Waals surface area contributed by atoms with E-state index in [9.17, 15) is 0 Å². The van der Waals surface area contributed by atoms with Crippen molar-refractivity contribution in [3.05, 3.63) is 6.92 Å². The lowest BCUT2D eigenvalue weighted by Crippen LogP contribution is -2.40. The Labute approximate surface area is 44.3 Å². The molecule has 2 atom stereocenters. The minimum atomic E-state index is -0.972. The van der Waals surface area contributed by atoms with Gasteiger partial charge in [0.25, 0.3) is 0 Å². The third-order valence-corrected chi connectivity index (χ3v) is 0.981. The van der Waals surface area contributed by atoms with E-state index in [-0.39, 0.29) is 6.04 Å². The molecule has 2 nitrogen and oxygen atoms in total. The highest BCUT2D eigenvalue weighted by molar-refractivity contribution is 4.83. The van der Waals surface area contributed by atoms with Crippen LogP contribution in [0.4, 0.5) is 0 Å². The van der Waals surface area contributed by atoms with Gasteiger partial charge in [0, 0.05) is 6.04 Å². The zero-order valence-electron chi connectivity index (χ0n) is 4.81. The number of hydrogen-bond donors (Lipinski definition) is 2. The first-order valence-electron chi connectivity index (χ1n) is 2.28. The zero-order chi connectivity index (χ0) is 6.08. The van der Waals surface area contributed by atoms with Crippen LogP contribution >= 0.6 is 0 Å². The van der Waals surface area contributed by atoms with Gasteiger partial charge in [0.15, 0.2) is 0 Å². The molecule has 1 radical (unpaired) electrons. The maximum atomic E-state index is 8.86. The molecule has 0 aliphatic heterocycles. The van der Waals surface area contributed by atoms with Crippen molar-refractivity contribution in [2.24, 2.45) is 5.73 Å². The normalized spacial score (nSPS) is 16.7. The third kappa shape index (κ3) is 2.60. The molecule has 2 unspecified atom stereocenters. The average molecular weight is 102 g/mol. The molecule has 0 heterocycles. The summed E-state index contributed by atoms with van der Waals surface area (Å²) in [5.74, 6) is 0. The Hall–Kier alpha value is -0.0800. The van der Waals surface area contributed by atoms with Crippen LogP contribution in [0.2, 0.25) is 0 Å². The minimum absolute atomic E-state index is 0.257. The fourth-order valence-electron chi connectivity index (χ4n) is 0. The average Bonchev–Trinajstić information content (AvgIpc) is 1.31. The standard InChI is InChI=1S/C5H12NO/c1-4(6)5(2,3)7/h4,7H,2,6H2,1,3H3. The second-order valence-corrected chi connectivity index (χ2v) is 2.15. The molecule has 0 amide bonds. The van der Waals surface area contributed by atoms with Crippen LogP contribution in [0.5, 0.6) is 0 Å². The summed E-state index contributed by atoms with van der Waals surface area (Å²) in [6.45, 7) is 6.70. The maximum Gasteiger partial charge on any atom is 0.0768 e. The number of nitrogens with two attached hydrogens (primary N) is 1. The second kappa shape index (κ2) is 1.80. The van der Waals surface area contributed by atoms with E-state index in [1.165, 1.54) is 0 Å². The summed E-state index contributed by atoms with van der Waals surface area (Å²) in [6, 6.07) is -0.257. The van der Waals surface area contributed by atoms with E-state index in [1.807, 2.05) is 0 Å². The lowest BCUT2D eigenvalue weighted by Gasteiger charge is -2.20. The van der Waals surface area contributed by atoms with Gasteiger partial charge in [-0.05, 0) is 20.8 Å². The van der Waals surface area contributed by atoms with Gasteiger partial charge in [-0.3, -0.25) is 0 Å². The van der Waals surface area contributed by atoms with Gasteiger partial charge in [-0.1, -0.05) is 0 Å². The Morgan fingerprint density at radius 1 is 1.86 bits per heavy atom. The monoisotopic (exact) mass is 102 g/mol. The van der Waals surface area contributed by atoms with Crippen LogP contribution in [-0.2, 0) is 0 Å². The smallest absolute Gasteiger partial charge is 0.0768 e. The predicted octanol–water partition coefficient (Wildman–Crippen LogP) is -0.0813. The van der Waals surface area contributed by atoms with E-state index >= 15 is 0 Å². The minimum Gasteiger partial charge on any atom is -0.389 e. The van der Waals surface area contributed by atoms with Crippen molar-refractivity contribution >= 4 is 0 Å². The zero-order valence-corrected chi connectivity index (χ0v) is 4.81. The summed E-state index contributed by atoms with van der Waals surface area (Å²) < 4.78 is 0. The predicted molar refractivity (Wildman–Crippen MR) is 29.6 cm³/mol. The molecule has 0 aromatic carbocycles. The fourth-order valence-corrected chi connectivity index (χ4v) is 0. The van der Waals surface area contributed by atoms with Gasteiger partial charge in [0.1, 0.15) is 0 Å². The number of aliphatic hydroxyl groups is 1. The van der Waals surface area contributed by atoms with Crippen LogP contribution < -0.4 is 5.73 Å². The summed E-state index contributed by atoms with van der Waals surface area (Å²) in [5.41, 5.74) is 4.28. The molecule has 7 heavy (non-hydrogen) atoms. The van der Waals surface area contributed by atoms with E-state index in [4.69, 9.17) is 10.8 Å². The Morgan fingerprint density at radius 3 is 2.00 bits per heavy atom. The van der Waals surface area contributed by atoms with Crippen LogP contribution in [0.25, 0.3) is 0 Å². The van der Waals surface area contributed by atoms with Crippen LogP contribution in [0.15, 0.2) is 0 Å². The van der Waals surface area contributed by atoms with Crippen molar-refractivity contribution < 1.29 is 5.11 Å². The van der Waals surface area contributed by atoms with E-state index in [0.29, 0.717) is 0 Å².